The molecular weight excluding hydrogens is 429 g/mol. The fourth-order valence-corrected chi connectivity index (χ4v) is 5.16. The highest BCUT2D eigenvalue weighted by Gasteiger charge is 2.26. The number of sulfone groups is 1. The highest BCUT2D eigenvalue weighted by atomic mass is 32.2. The molecule has 6 nitrogen and oxygen atoms in total. The second kappa shape index (κ2) is 9.08. The van der Waals surface area contributed by atoms with Gasteiger partial charge in [-0.2, -0.15) is 0 Å². The molecule has 0 spiro atoms. The minimum absolute atomic E-state index is 0.0156. The molecule has 0 aliphatic carbocycles. The van der Waals surface area contributed by atoms with E-state index < -0.39 is 21.4 Å². The Balaban J connectivity index is 1.51. The van der Waals surface area contributed by atoms with E-state index in [2.05, 4.69) is 9.88 Å². The Labute approximate surface area is 187 Å². The highest BCUT2D eigenvalue weighted by molar-refractivity contribution is 7.90. The number of aromatic nitrogens is 1. The van der Waals surface area contributed by atoms with E-state index in [1.807, 2.05) is 18.2 Å². The molecule has 2 aromatic carbocycles. The smallest absolute Gasteiger partial charge is 0.254 e. The lowest BCUT2D eigenvalue weighted by atomic mass is 10.1. The molecule has 1 saturated heterocycles. The summed E-state index contributed by atoms with van der Waals surface area (Å²) >= 11 is 0. The fraction of sp³-hybridized carbons (Fsp3) is 0.250. The summed E-state index contributed by atoms with van der Waals surface area (Å²) in [7, 11) is -3.81. The molecule has 0 bridgehead atoms. The molecule has 8 heteroatoms. The molecule has 1 aliphatic heterocycles. The third-order valence-corrected chi connectivity index (χ3v) is 7.31. The summed E-state index contributed by atoms with van der Waals surface area (Å²) in [5.74, 6) is -0.354. The molecule has 1 fully saturated rings. The van der Waals surface area contributed by atoms with Gasteiger partial charge in [0.1, 0.15) is 11.6 Å². The summed E-state index contributed by atoms with van der Waals surface area (Å²) in [5.41, 5.74) is 1.16. The van der Waals surface area contributed by atoms with Crippen LogP contribution in [0.1, 0.15) is 21.5 Å². The van der Waals surface area contributed by atoms with Gasteiger partial charge in [-0.05, 0) is 42.8 Å². The summed E-state index contributed by atoms with van der Waals surface area (Å²) in [6.07, 6.45) is 1.74. The van der Waals surface area contributed by atoms with Crippen LogP contribution in [0, 0.1) is 12.7 Å². The molecule has 0 atom stereocenters. The van der Waals surface area contributed by atoms with Crippen molar-refractivity contribution in [1.82, 2.24) is 9.88 Å². The van der Waals surface area contributed by atoms with Crippen molar-refractivity contribution in [2.75, 3.05) is 31.1 Å². The zero-order valence-corrected chi connectivity index (χ0v) is 18.6. The predicted octanol–water partition coefficient (Wildman–Crippen LogP) is 3.47. The van der Waals surface area contributed by atoms with Crippen molar-refractivity contribution in [3.63, 3.8) is 0 Å². The Kier molecular flexibility index (Phi) is 6.23. The second-order valence-electron chi connectivity index (χ2n) is 7.79. The van der Waals surface area contributed by atoms with Gasteiger partial charge < -0.3 is 9.80 Å². The van der Waals surface area contributed by atoms with Crippen LogP contribution in [-0.4, -0.2) is 50.4 Å². The van der Waals surface area contributed by atoms with Gasteiger partial charge in [0.2, 0.25) is 0 Å². The number of carbonyl (C=O) groups excluding carboxylic acids is 1. The van der Waals surface area contributed by atoms with Crippen LogP contribution < -0.4 is 4.90 Å². The Bertz CT molecular complexity index is 1220. The first-order valence-electron chi connectivity index (χ1n) is 10.4. The van der Waals surface area contributed by atoms with Gasteiger partial charge in [-0.15, -0.1) is 0 Å². The molecule has 1 amide bonds. The van der Waals surface area contributed by atoms with Crippen molar-refractivity contribution in [1.29, 1.82) is 0 Å². The first-order valence-corrected chi connectivity index (χ1v) is 12.0. The van der Waals surface area contributed by atoms with Gasteiger partial charge in [0.15, 0.2) is 9.84 Å². The highest BCUT2D eigenvalue weighted by Crippen LogP contribution is 2.23. The van der Waals surface area contributed by atoms with Gasteiger partial charge in [0.05, 0.1) is 10.6 Å². The second-order valence-corrected chi connectivity index (χ2v) is 9.78. The number of carbonyl (C=O) groups is 1. The number of benzene rings is 2. The van der Waals surface area contributed by atoms with Crippen LogP contribution in [0.25, 0.3) is 0 Å². The fourth-order valence-electron chi connectivity index (χ4n) is 3.78. The lowest BCUT2D eigenvalue weighted by Crippen LogP contribution is -2.49. The van der Waals surface area contributed by atoms with E-state index in [4.69, 9.17) is 0 Å². The molecular formula is C24H24FN3O3S. The van der Waals surface area contributed by atoms with E-state index in [-0.39, 0.29) is 16.4 Å². The monoisotopic (exact) mass is 453 g/mol. The average molecular weight is 454 g/mol. The van der Waals surface area contributed by atoms with E-state index in [1.165, 1.54) is 30.3 Å². The minimum atomic E-state index is -3.81. The van der Waals surface area contributed by atoms with Crippen LogP contribution in [0.4, 0.5) is 10.2 Å². The average Bonchev–Trinajstić information content (AvgIpc) is 2.81. The Morgan fingerprint density at radius 2 is 1.72 bits per heavy atom. The topological polar surface area (TPSA) is 70.6 Å². The molecule has 0 radical (unpaired) electrons. The first kappa shape index (κ1) is 22.0. The first-order chi connectivity index (χ1) is 15.3. The predicted molar refractivity (Wildman–Crippen MR) is 121 cm³/mol. The third kappa shape index (κ3) is 4.65. The summed E-state index contributed by atoms with van der Waals surface area (Å²) in [6, 6.07) is 16.0. The molecule has 32 heavy (non-hydrogen) atoms. The maximum absolute atomic E-state index is 14.0. The van der Waals surface area contributed by atoms with E-state index >= 15 is 0 Å². The summed E-state index contributed by atoms with van der Waals surface area (Å²) in [5, 5.41) is 0. The van der Waals surface area contributed by atoms with Crippen LogP contribution in [0.2, 0.25) is 0 Å². The summed E-state index contributed by atoms with van der Waals surface area (Å²) in [4.78, 5) is 21.4. The number of aryl methyl sites for hydroxylation is 1. The van der Waals surface area contributed by atoms with E-state index in [1.54, 1.807) is 30.2 Å². The maximum Gasteiger partial charge on any atom is 0.254 e. The molecule has 1 aromatic heterocycles. The zero-order valence-electron chi connectivity index (χ0n) is 17.7. The van der Waals surface area contributed by atoms with Crippen LogP contribution in [0.5, 0.6) is 0 Å². The van der Waals surface area contributed by atoms with Gasteiger partial charge in [0, 0.05) is 43.5 Å². The number of halogens is 1. The Morgan fingerprint density at radius 3 is 2.41 bits per heavy atom. The van der Waals surface area contributed by atoms with Crippen molar-refractivity contribution >= 4 is 21.6 Å². The summed E-state index contributed by atoms with van der Waals surface area (Å²) in [6.45, 7) is 4.10. The number of rotatable bonds is 5. The molecule has 166 valence electrons. The van der Waals surface area contributed by atoms with E-state index in [9.17, 15) is 17.6 Å². The van der Waals surface area contributed by atoms with Crippen LogP contribution >= 0.6 is 0 Å². The molecule has 0 saturated carbocycles. The normalized spacial score (nSPS) is 14.4. The number of pyridine rings is 1. The van der Waals surface area contributed by atoms with Gasteiger partial charge in [0.25, 0.3) is 5.91 Å². The molecule has 0 N–H and O–H groups in total. The number of hydrogen-bond acceptors (Lipinski definition) is 5. The van der Waals surface area contributed by atoms with Crippen molar-refractivity contribution < 1.29 is 17.6 Å². The number of piperazine rings is 1. The largest absolute Gasteiger partial charge is 0.353 e. The van der Waals surface area contributed by atoms with Crippen molar-refractivity contribution in [2.24, 2.45) is 0 Å². The van der Waals surface area contributed by atoms with Crippen molar-refractivity contribution in [3.8, 4) is 0 Å². The van der Waals surface area contributed by atoms with Crippen LogP contribution in [-0.2, 0) is 15.6 Å². The van der Waals surface area contributed by atoms with Crippen molar-refractivity contribution in [2.45, 2.75) is 17.6 Å². The quantitative estimate of drug-likeness (QED) is 0.592. The zero-order chi connectivity index (χ0) is 22.7. The van der Waals surface area contributed by atoms with E-state index in [0.717, 1.165) is 5.82 Å². The maximum atomic E-state index is 14.0. The number of nitrogens with zero attached hydrogens (tertiary/aromatic N) is 3. The molecule has 0 unspecified atom stereocenters. The molecule has 2 heterocycles. The number of amides is 1. The lowest BCUT2D eigenvalue weighted by Gasteiger charge is -2.35. The Hall–Kier alpha value is -3.26. The summed E-state index contributed by atoms with van der Waals surface area (Å²) < 4.78 is 39.8. The molecule has 3 aromatic rings. The SMILES string of the molecule is Cc1ccc(S(=O)(=O)Cc2ccccc2F)cc1C(=O)N1CCN(c2ccccn2)CC1. The van der Waals surface area contributed by atoms with Crippen LogP contribution in [0.3, 0.4) is 0 Å². The van der Waals surface area contributed by atoms with Gasteiger partial charge in [-0.3, -0.25) is 4.79 Å². The van der Waals surface area contributed by atoms with Gasteiger partial charge >= 0.3 is 0 Å². The van der Waals surface area contributed by atoms with Gasteiger partial charge in [-0.1, -0.05) is 30.3 Å². The van der Waals surface area contributed by atoms with E-state index in [0.29, 0.717) is 37.3 Å². The lowest BCUT2D eigenvalue weighted by molar-refractivity contribution is 0.0745. The van der Waals surface area contributed by atoms with Crippen LogP contribution in [0.15, 0.2) is 71.8 Å². The van der Waals surface area contributed by atoms with Crippen molar-refractivity contribution in [3.05, 3.63) is 89.4 Å². The molecule has 1 aliphatic rings. The number of hydrogen-bond donors (Lipinski definition) is 0. The molecule has 4 rings (SSSR count). The Morgan fingerprint density at radius 1 is 1.00 bits per heavy atom. The van der Waals surface area contributed by atoms with Gasteiger partial charge in [-0.25, -0.2) is 17.8 Å². The third-order valence-electron chi connectivity index (χ3n) is 5.64. The minimum Gasteiger partial charge on any atom is -0.353 e. The number of anilines is 1. The standard InChI is InChI=1S/C24H24FN3O3S/c1-18-9-10-20(32(30,31)17-19-6-2-3-7-22(19)25)16-21(18)24(29)28-14-12-27(13-15-28)23-8-4-5-11-26-23/h2-11,16H,12-15,17H2,1H3.